The molecule has 0 aromatic heterocycles. The van der Waals surface area contributed by atoms with Gasteiger partial charge in [0.05, 0.1) is 6.42 Å². The standard InChI is InChI=1S/C18H18O2/c1-13(2)14-6-5-7-15(12-14)16-8-3-4-9-17(16)18(20)10-11-19/h3-9,11-13H,10H2,1-2H3. The predicted molar refractivity (Wildman–Crippen MR) is 81.0 cm³/mol. The first-order valence-corrected chi connectivity index (χ1v) is 6.79. The maximum absolute atomic E-state index is 12.0. The SMILES string of the molecule is CC(C)c1cccc(-c2ccccc2C(=O)CC=O)c1. The van der Waals surface area contributed by atoms with Crippen molar-refractivity contribution in [3.63, 3.8) is 0 Å². The van der Waals surface area contributed by atoms with E-state index < -0.39 is 0 Å². The summed E-state index contributed by atoms with van der Waals surface area (Å²) in [4.78, 5) is 22.6. The van der Waals surface area contributed by atoms with Crippen LogP contribution in [-0.4, -0.2) is 12.1 Å². The summed E-state index contributed by atoms with van der Waals surface area (Å²) >= 11 is 0. The van der Waals surface area contributed by atoms with Crippen LogP contribution < -0.4 is 0 Å². The van der Waals surface area contributed by atoms with Gasteiger partial charge < -0.3 is 4.79 Å². The first kappa shape index (κ1) is 14.2. The van der Waals surface area contributed by atoms with Gasteiger partial charge in [-0.1, -0.05) is 62.4 Å². The molecule has 0 N–H and O–H groups in total. The number of ketones is 1. The molecule has 20 heavy (non-hydrogen) atoms. The van der Waals surface area contributed by atoms with Gasteiger partial charge in [-0.25, -0.2) is 0 Å². The molecular formula is C18H18O2. The second-order valence-electron chi connectivity index (χ2n) is 5.12. The lowest BCUT2D eigenvalue weighted by Crippen LogP contribution is -2.02. The van der Waals surface area contributed by atoms with Crippen LogP contribution >= 0.6 is 0 Å². The molecule has 2 heteroatoms. The fourth-order valence-electron chi connectivity index (χ4n) is 2.23. The van der Waals surface area contributed by atoms with Gasteiger partial charge in [-0.15, -0.1) is 0 Å². The zero-order chi connectivity index (χ0) is 14.5. The highest BCUT2D eigenvalue weighted by Gasteiger charge is 2.12. The van der Waals surface area contributed by atoms with Crippen molar-refractivity contribution in [2.75, 3.05) is 0 Å². The third kappa shape index (κ3) is 3.02. The average molecular weight is 266 g/mol. The van der Waals surface area contributed by atoms with Gasteiger partial charge in [0.1, 0.15) is 6.29 Å². The average Bonchev–Trinajstić information content (AvgIpc) is 2.47. The molecule has 0 amide bonds. The van der Waals surface area contributed by atoms with E-state index in [0.717, 1.165) is 11.1 Å². The first-order chi connectivity index (χ1) is 9.63. The summed E-state index contributed by atoms with van der Waals surface area (Å²) in [7, 11) is 0. The lowest BCUT2D eigenvalue weighted by molar-refractivity contribution is -0.107. The highest BCUT2D eigenvalue weighted by atomic mass is 16.1. The van der Waals surface area contributed by atoms with Crippen molar-refractivity contribution in [2.24, 2.45) is 0 Å². The number of rotatable bonds is 5. The second-order valence-corrected chi connectivity index (χ2v) is 5.12. The van der Waals surface area contributed by atoms with E-state index in [2.05, 4.69) is 26.0 Å². The third-order valence-electron chi connectivity index (χ3n) is 3.36. The lowest BCUT2D eigenvalue weighted by Gasteiger charge is -2.11. The van der Waals surface area contributed by atoms with Crippen LogP contribution in [-0.2, 0) is 4.79 Å². The summed E-state index contributed by atoms with van der Waals surface area (Å²) in [6.07, 6.45) is 0.588. The molecule has 0 aliphatic heterocycles. The van der Waals surface area contributed by atoms with E-state index in [1.165, 1.54) is 5.56 Å². The molecule has 0 saturated carbocycles. The van der Waals surface area contributed by atoms with Gasteiger partial charge in [0.15, 0.2) is 5.78 Å². The fraction of sp³-hybridized carbons (Fsp3) is 0.222. The number of hydrogen-bond acceptors (Lipinski definition) is 2. The Bertz CT molecular complexity index is 627. The number of carbonyl (C=O) groups is 2. The summed E-state index contributed by atoms with van der Waals surface area (Å²) in [6.45, 7) is 4.28. The van der Waals surface area contributed by atoms with Crippen LogP contribution in [0.25, 0.3) is 11.1 Å². The molecule has 0 heterocycles. The normalized spacial score (nSPS) is 10.6. The number of benzene rings is 2. The molecule has 2 rings (SSSR count). The van der Waals surface area contributed by atoms with Crippen molar-refractivity contribution < 1.29 is 9.59 Å². The Hall–Kier alpha value is -2.22. The predicted octanol–water partition coefficient (Wildman–Crippen LogP) is 4.25. The van der Waals surface area contributed by atoms with Gasteiger partial charge in [0.2, 0.25) is 0 Å². The van der Waals surface area contributed by atoms with Gasteiger partial charge in [-0.3, -0.25) is 4.79 Å². The lowest BCUT2D eigenvalue weighted by atomic mass is 9.93. The molecule has 2 aromatic carbocycles. The summed E-state index contributed by atoms with van der Waals surface area (Å²) < 4.78 is 0. The van der Waals surface area contributed by atoms with Crippen LogP contribution in [0.5, 0.6) is 0 Å². The van der Waals surface area contributed by atoms with Crippen molar-refractivity contribution in [3.05, 3.63) is 59.7 Å². The van der Waals surface area contributed by atoms with E-state index in [1.54, 1.807) is 6.07 Å². The van der Waals surface area contributed by atoms with Gasteiger partial charge >= 0.3 is 0 Å². The Kier molecular flexibility index (Phi) is 4.46. The Morgan fingerprint density at radius 1 is 1.10 bits per heavy atom. The highest BCUT2D eigenvalue weighted by Crippen LogP contribution is 2.27. The van der Waals surface area contributed by atoms with E-state index in [9.17, 15) is 9.59 Å². The topological polar surface area (TPSA) is 34.1 Å². The Morgan fingerprint density at radius 2 is 1.85 bits per heavy atom. The molecular weight excluding hydrogens is 248 g/mol. The number of carbonyl (C=O) groups excluding carboxylic acids is 2. The highest BCUT2D eigenvalue weighted by molar-refractivity contribution is 6.07. The van der Waals surface area contributed by atoms with Crippen LogP contribution in [0.2, 0.25) is 0 Å². The minimum Gasteiger partial charge on any atom is -0.303 e. The minimum atomic E-state index is -0.134. The molecule has 102 valence electrons. The molecule has 0 fully saturated rings. The van der Waals surface area contributed by atoms with Crippen molar-refractivity contribution in [3.8, 4) is 11.1 Å². The third-order valence-corrected chi connectivity index (χ3v) is 3.36. The number of Topliss-reactive ketones (excluding diaryl/α,β-unsaturated/α-hetero) is 1. The Labute approximate surface area is 119 Å². The summed E-state index contributed by atoms with van der Waals surface area (Å²) in [5, 5.41) is 0. The van der Waals surface area contributed by atoms with Gasteiger partial charge in [0.25, 0.3) is 0 Å². The van der Waals surface area contributed by atoms with E-state index >= 15 is 0 Å². The molecule has 0 saturated heterocycles. The summed E-state index contributed by atoms with van der Waals surface area (Å²) in [5.74, 6) is 0.304. The quantitative estimate of drug-likeness (QED) is 0.460. The van der Waals surface area contributed by atoms with Crippen molar-refractivity contribution in [1.82, 2.24) is 0 Å². The Morgan fingerprint density at radius 3 is 2.55 bits per heavy atom. The van der Waals surface area contributed by atoms with E-state index in [0.29, 0.717) is 17.8 Å². The molecule has 0 aliphatic carbocycles. The van der Waals surface area contributed by atoms with Crippen LogP contribution in [0.15, 0.2) is 48.5 Å². The molecule has 0 aliphatic rings. The van der Waals surface area contributed by atoms with Gasteiger partial charge in [-0.2, -0.15) is 0 Å². The largest absolute Gasteiger partial charge is 0.303 e. The molecule has 0 bridgehead atoms. The van der Waals surface area contributed by atoms with E-state index in [4.69, 9.17) is 0 Å². The smallest absolute Gasteiger partial charge is 0.170 e. The zero-order valence-corrected chi connectivity index (χ0v) is 11.8. The van der Waals surface area contributed by atoms with E-state index in [1.807, 2.05) is 30.3 Å². The maximum atomic E-state index is 12.0. The molecule has 0 atom stereocenters. The van der Waals surface area contributed by atoms with Gasteiger partial charge in [0, 0.05) is 5.56 Å². The monoisotopic (exact) mass is 266 g/mol. The van der Waals surface area contributed by atoms with Crippen molar-refractivity contribution >= 4 is 12.1 Å². The Balaban J connectivity index is 2.50. The second kappa shape index (κ2) is 6.29. The molecule has 2 aromatic rings. The number of aldehydes is 1. The summed E-state index contributed by atoms with van der Waals surface area (Å²) in [5.41, 5.74) is 3.76. The maximum Gasteiger partial charge on any atom is 0.170 e. The van der Waals surface area contributed by atoms with Crippen molar-refractivity contribution in [2.45, 2.75) is 26.2 Å². The number of hydrogen-bond donors (Lipinski definition) is 0. The molecule has 0 radical (unpaired) electrons. The molecule has 0 spiro atoms. The fourth-order valence-corrected chi connectivity index (χ4v) is 2.23. The first-order valence-electron chi connectivity index (χ1n) is 6.79. The minimum absolute atomic E-state index is 0.0686. The summed E-state index contributed by atoms with van der Waals surface area (Å²) in [6, 6.07) is 15.6. The molecule has 0 unspecified atom stereocenters. The van der Waals surface area contributed by atoms with Crippen LogP contribution in [0.1, 0.15) is 42.1 Å². The zero-order valence-electron chi connectivity index (χ0n) is 11.8. The van der Waals surface area contributed by atoms with Gasteiger partial charge in [-0.05, 0) is 22.6 Å². The molecule has 2 nitrogen and oxygen atoms in total. The van der Waals surface area contributed by atoms with Crippen LogP contribution in [0.4, 0.5) is 0 Å². The van der Waals surface area contributed by atoms with Crippen LogP contribution in [0.3, 0.4) is 0 Å². The van der Waals surface area contributed by atoms with Crippen molar-refractivity contribution in [1.29, 1.82) is 0 Å². The van der Waals surface area contributed by atoms with E-state index in [-0.39, 0.29) is 12.2 Å². The van der Waals surface area contributed by atoms with Crippen LogP contribution in [0, 0.1) is 0 Å².